The number of thiocarbonyl (C=S) groups is 1. The highest BCUT2D eigenvalue weighted by Crippen LogP contribution is 2.37. The lowest BCUT2D eigenvalue weighted by Gasteiger charge is -2.21. The summed E-state index contributed by atoms with van der Waals surface area (Å²) in [6.07, 6.45) is 6.87. The van der Waals surface area contributed by atoms with E-state index in [-0.39, 0.29) is 11.9 Å². The highest BCUT2D eigenvalue weighted by atomic mass is 32.2. The van der Waals surface area contributed by atoms with Crippen LogP contribution < -0.4 is 4.74 Å². The van der Waals surface area contributed by atoms with E-state index in [9.17, 15) is 4.79 Å². The van der Waals surface area contributed by atoms with E-state index in [1.807, 2.05) is 66.3 Å². The smallest absolute Gasteiger partial charge is 0.266 e. The number of carbonyl (C=O) groups is 1. The Bertz CT molecular complexity index is 1250. The summed E-state index contributed by atoms with van der Waals surface area (Å²) in [7, 11) is 0. The third-order valence-electron chi connectivity index (χ3n) is 6.11. The number of benzene rings is 2. The van der Waals surface area contributed by atoms with Gasteiger partial charge in [0.2, 0.25) is 0 Å². The first-order valence-corrected chi connectivity index (χ1v) is 13.3. The normalized spacial score (nSPS) is 15.8. The third kappa shape index (κ3) is 5.52. The Kier molecular flexibility index (Phi) is 8.08. The summed E-state index contributed by atoms with van der Waals surface area (Å²) in [4.78, 5) is 15.5. The minimum Gasteiger partial charge on any atom is -0.493 e. The molecule has 0 radical (unpaired) electrons. The summed E-state index contributed by atoms with van der Waals surface area (Å²) in [5.74, 6) is 0.851. The molecule has 1 amide bonds. The molecule has 1 fully saturated rings. The van der Waals surface area contributed by atoms with E-state index in [1.54, 1.807) is 4.90 Å². The number of thioether (sulfide) groups is 1. The van der Waals surface area contributed by atoms with E-state index in [2.05, 4.69) is 26.8 Å². The summed E-state index contributed by atoms with van der Waals surface area (Å²) < 4.78 is 8.41. The number of nitrogens with zero attached hydrogens (tertiary/aromatic N) is 3. The van der Waals surface area contributed by atoms with Crippen LogP contribution in [0.2, 0.25) is 0 Å². The molecule has 1 atom stereocenters. The molecule has 35 heavy (non-hydrogen) atoms. The van der Waals surface area contributed by atoms with Crippen LogP contribution in [-0.4, -0.2) is 37.6 Å². The number of aromatic nitrogens is 2. The van der Waals surface area contributed by atoms with Crippen molar-refractivity contribution < 1.29 is 9.53 Å². The molecule has 1 aliphatic heterocycles. The number of para-hydroxylation sites is 1. The first kappa shape index (κ1) is 25.2. The summed E-state index contributed by atoms with van der Waals surface area (Å²) in [5.41, 5.74) is 4.67. The largest absolute Gasteiger partial charge is 0.493 e. The molecule has 1 aliphatic rings. The van der Waals surface area contributed by atoms with Gasteiger partial charge in [0.05, 0.1) is 17.2 Å². The fourth-order valence-electron chi connectivity index (χ4n) is 3.90. The average Bonchev–Trinajstić information content (AvgIpc) is 3.40. The maximum atomic E-state index is 13.2. The quantitative estimate of drug-likeness (QED) is 0.178. The summed E-state index contributed by atoms with van der Waals surface area (Å²) in [6.45, 7) is 9.01. The van der Waals surface area contributed by atoms with Crippen molar-refractivity contribution in [1.82, 2.24) is 14.7 Å². The topological polar surface area (TPSA) is 47.4 Å². The first-order chi connectivity index (χ1) is 16.9. The number of carbonyl (C=O) groups excluding carboxylic acids is 1. The van der Waals surface area contributed by atoms with Crippen LogP contribution in [0, 0.1) is 6.92 Å². The van der Waals surface area contributed by atoms with Crippen molar-refractivity contribution in [3.63, 3.8) is 0 Å². The second-order valence-electron chi connectivity index (χ2n) is 8.70. The van der Waals surface area contributed by atoms with Crippen molar-refractivity contribution in [2.75, 3.05) is 6.61 Å². The molecule has 0 saturated carbocycles. The minimum atomic E-state index is -0.0383. The predicted octanol–water partition coefficient (Wildman–Crippen LogP) is 7.03. The number of hydrogen-bond acceptors (Lipinski definition) is 5. The number of ether oxygens (including phenoxy) is 1. The van der Waals surface area contributed by atoms with Crippen molar-refractivity contribution in [2.24, 2.45) is 0 Å². The molecule has 0 spiro atoms. The van der Waals surface area contributed by atoms with E-state index in [0.717, 1.165) is 53.1 Å². The standard InChI is InChI=1S/C28H31N3O2S2/c1-5-7-15-33-24-14-13-21(16-19(24)3)26-22(18-30(29-26)23-11-9-8-10-12-23)17-25-27(32)31(20(4)6-2)28(34)35-25/h8-14,16-18,20H,5-7,15H2,1-4H3. The Morgan fingerprint density at radius 1 is 1.17 bits per heavy atom. The van der Waals surface area contributed by atoms with Crippen LogP contribution in [0.3, 0.4) is 0 Å². The Morgan fingerprint density at radius 2 is 1.94 bits per heavy atom. The number of rotatable bonds is 9. The summed E-state index contributed by atoms with van der Waals surface area (Å²) >= 11 is 6.89. The molecule has 4 rings (SSSR count). The van der Waals surface area contributed by atoms with Gasteiger partial charge in [-0.3, -0.25) is 9.69 Å². The maximum Gasteiger partial charge on any atom is 0.266 e. The van der Waals surface area contributed by atoms with Crippen LogP contribution in [0.5, 0.6) is 5.75 Å². The van der Waals surface area contributed by atoms with Gasteiger partial charge in [-0.05, 0) is 68.7 Å². The molecule has 2 heterocycles. The van der Waals surface area contributed by atoms with Gasteiger partial charge in [-0.25, -0.2) is 4.68 Å². The molecular weight excluding hydrogens is 474 g/mol. The SMILES string of the molecule is CCCCOc1ccc(-c2nn(-c3ccccc3)cc2C=C2SC(=S)N(C(C)CC)C2=O)cc1C. The van der Waals surface area contributed by atoms with Gasteiger partial charge in [-0.1, -0.05) is 62.4 Å². The van der Waals surface area contributed by atoms with Crippen molar-refractivity contribution in [1.29, 1.82) is 0 Å². The second kappa shape index (κ2) is 11.2. The molecule has 1 saturated heterocycles. The van der Waals surface area contributed by atoms with Gasteiger partial charge in [0.25, 0.3) is 5.91 Å². The zero-order chi connectivity index (χ0) is 24.9. The third-order valence-corrected chi connectivity index (χ3v) is 7.44. The van der Waals surface area contributed by atoms with Crippen molar-refractivity contribution in [3.8, 4) is 22.7 Å². The molecule has 1 unspecified atom stereocenters. The van der Waals surface area contributed by atoms with Crippen molar-refractivity contribution in [3.05, 3.63) is 70.8 Å². The first-order valence-electron chi connectivity index (χ1n) is 12.1. The lowest BCUT2D eigenvalue weighted by Crippen LogP contribution is -2.36. The van der Waals surface area contributed by atoms with E-state index in [0.29, 0.717) is 15.8 Å². The Hall–Kier alpha value is -2.90. The monoisotopic (exact) mass is 505 g/mol. The van der Waals surface area contributed by atoms with Gasteiger partial charge >= 0.3 is 0 Å². The van der Waals surface area contributed by atoms with Crippen LogP contribution in [0.25, 0.3) is 23.0 Å². The number of unbranched alkanes of at least 4 members (excludes halogenated alkanes) is 1. The average molecular weight is 506 g/mol. The molecule has 182 valence electrons. The van der Waals surface area contributed by atoms with E-state index in [1.165, 1.54) is 11.8 Å². The zero-order valence-corrected chi connectivity index (χ0v) is 22.3. The fraction of sp³-hybridized carbons (Fsp3) is 0.321. The minimum absolute atomic E-state index is 0.0383. The van der Waals surface area contributed by atoms with Crippen LogP contribution in [0.1, 0.15) is 51.2 Å². The lowest BCUT2D eigenvalue weighted by molar-refractivity contribution is -0.123. The van der Waals surface area contributed by atoms with Crippen molar-refractivity contribution in [2.45, 2.75) is 53.0 Å². The van der Waals surface area contributed by atoms with Gasteiger partial charge in [0.15, 0.2) is 0 Å². The van der Waals surface area contributed by atoms with Gasteiger partial charge in [0, 0.05) is 23.4 Å². The summed E-state index contributed by atoms with van der Waals surface area (Å²) in [6, 6.07) is 16.2. The van der Waals surface area contributed by atoms with Gasteiger partial charge in [-0.15, -0.1) is 0 Å². The number of amides is 1. The van der Waals surface area contributed by atoms with Gasteiger partial charge in [-0.2, -0.15) is 5.10 Å². The van der Waals surface area contributed by atoms with E-state index < -0.39 is 0 Å². The van der Waals surface area contributed by atoms with Crippen molar-refractivity contribution >= 4 is 40.3 Å². The van der Waals surface area contributed by atoms with E-state index >= 15 is 0 Å². The summed E-state index contributed by atoms with van der Waals surface area (Å²) in [5, 5.41) is 4.92. The molecule has 3 aromatic rings. The molecular formula is C28H31N3O2S2. The molecule has 0 aliphatic carbocycles. The maximum absolute atomic E-state index is 13.2. The van der Waals surface area contributed by atoms with Gasteiger partial charge in [0.1, 0.15) is 15.8 Å². The molecule has 0 bridgehead atoms. The van der Waals surface area contributed by atoms with Crippen LogP contribution in [0.4, 0.5) is 0 Å². The predicted molar refractivity (Wildman–Crippen MR) is 149 cm³/mol. The van der Waals surface area contributed by atoms with Crippen LogP contribution in [0.15, 0.2) is 59.6 Å². The number of aryl methyl sites for hydroxylation is 1. The molecule has 7 heteroatoms. The lowest BCUT2D eigenvalue weighted by atomic mass is 10.0. The Morgan fingerprint density at radius 3 is 2.63 bits per heavy atom. The zero-order valence-electron chi connectivity index (χ0n) is 20.7. The van der Waals surface area contributed by atoms with Crippen LogP contribution >= 0.6 is 24.0 Å². The number of hydrogen-bond donors (Lipinski definition) is 0. The van der Waals surface area contributed by atoms with Crippen LogP contribution in [-0.2, 0) is 4.79 Å². The molecule has 0 N–H and O–H groups in total. The Balaban J connectivity index is 1.74. The molecule has 5 nitrogen and oxygen atoms in total. The molecule has 1 aromatic heterocycles. The highest BCUT2D eigenvalue weighted by Gasteiger charge is 2.35. The van der Waals surface area contributed by atoms with Gasteiger partial charge < -0.3 is 4.74 Å². The second-order valence-corrected chi connectivity index (χ2v) is 10.4. The highest BCUT2D eigenvalue weighted by molar-refractivity contribution is 8.26. The van der Waals surface area contributed by atoms with E-state index in [4.69, 9.17) is 22.1 Å². The molecule has 2 aromatic carbocycles. The Labute approximate surface area is 217 Å². The fourth-order valence-corrected chi connectivity index (χ4v) is 5.35.